The summed E-state index contributed by atoms with van der Waals surface area (Å²) < 4.78 is 0. The minimum Gasteiger partial charge on any atom is -0.508 e. The number of piperazine rings is 1. The molecule has 0 amide bonds. The van der Waals surface area contributed by atoms with Gasteiger partial charge in [-0.05, 0) is 31.2 Å². The highest BCUT2D eigenvalue weighted by atomic mass is 16.3. The maximum atomic E-state index is 9.32. The molecule has 5 nitrogen and oxygen atoms in total. The molecule has 5 heteroatoms. The van der Waals surface area contributed by atoms with Gasteiger partial charge in [-0.25, -0.2) is 9.97 Å². The van der Waals surface area contributed by atoms with E-state index in [9.17, 15) is 5.11 Å². The van der Waals surface area contributed by atoms with Crippen LogP contribution in [0, 0.1) is 6.92 Å². The number of phenols is 1. The van der Waals surface area contributed by atoms with Gasteiger partial charge in [-0.1, -0.05) is 0 Å². The molecule has 2 heterocycles. The van der Waals surface area contributed by atoms with Gasteiger partial charge in [-0.15, -0.1) is 0 Å². The number of hydrogen-bond donors (Lipinski definition) is 2. The second-order valence-corrected chi connectivity index (χ2v) is 4.95. The number of aromatic nitrogens is 2. The Balaban J connectivity index is 1.88. The average Bonchev–Trinajstić information content (AvgIpc) is 2.49. The first-order valence-corrected chi connectivity index (χ1v) is 6.83. The van der Waals surface area contributed by atoms with Crippen molar-refractivity contribution in [1.82, 2.24) is 15.3 Å². The quantitative estimate of drug-likeness (QED) is 0.867. The topological polar surface area (TPSA) is 61.3 Å². The normalized spacial score (nSPS) is 15.3. The summed E-state index contributed by atoms with van der Waals surface area (Å²) in [5.41, 5.74) is 3.01. The third kappa shape index (κ3) is 2.58. The zero-order chi connectivity index (χ0) is 13.9. The Kier molecular flexibility index (Phi) is 3.52. The Bertz CT molecular complexity index is 591. The Labute approximate surface area is 118 Å². The molecule has 0 spiro atoms. The molecule has 1 saturated heterocycles. The lowest BCUT2D eigenvalue weighted by Crippen LogP contribution is -2.43. The number of nitrogens with zero attached hydrogens (tertiary/aromatic N) is 3. The van der Waals surface area contributed by atoms with Gasteiger partial charge in [0.1, 0.15) is 5.75 Å². The van der Waals surface area contributed by atoms with Crippen LogP contribution in [0.3, 0.4) is 0 Å². The molecule has 0 saturated carbocycles. The lowest BCUT2D eigenvalue weighted by molar-refractivity contribution is 0.475. The number of rotatable bonds is 2. The van der Waals surface area contributed by atoms with Crippen LogP contribution in [-0.4, -0.2) is 41.3 Å². The van der Waals surface area contributed by atoms with E-state index in [1.807, 2.05) is 25.3 Å². The summed E-state index contributed by atoms with van der Waals surface area (Å²) in [5, 5.41) is 12.7. The number of phenolic OH excluding ortho intramolecular Hbond substituents is 1. The largest absolute Gasteiger partial charge is 0.508 e. The molecule has 1 fully saturated rings. The van der Waals surface area contributed by atoms with Crippen molar-refractivity contribution in [1.29, 1.82) is 0 Å². The van der Waals surface area contributed by atoms with E-state index in [0.717, 1.165) is 43.1 Å². The van der Waals surface area contributed by atoms with Gasteiger partial charge in [0.15, 0.2) is 5.82 Å². The average molecular weight is 270 g/mol. The van der Waals surface area contributed by atoms with Crippen molar-refractivity contribution in [3.63, 3.8) is 0 Å². The monoisotopic (exact) mass is 270 g/mol. The zero-order valence-corrected chi connectivity index (χ0v) is 11.5. The summed E-state index contributed by atoms with van der Waals surface area (Å²) in [4.78, 5) is 11.4. The number of benzene rings is 1. The summed E-state index contributed by atoms with van der Waals surface area (Å²) in [6.07, 6.45) is 1.90. The number of hydrogen-bond acceptors (Lipinski definition) is 5. The summed E-state index contributed by atoms with van der Waals surface area (Å²) in [6, 6.07) is 6.96. The van der Waals surface area contributed by atoms with E-state index in [1.165, 1.54) is 0 Å². The van der Waals surface area contributed by atoms with E-state index in [-0.39, 0.29) is 5.75 Å². The summed E-state index contributed by atoms with van der Waals surface area (Å²) >= 11 is 0. The van der Waals surface area contributed by atoms with Crippen LogP contribution < -0.4 is 10.2 Å². The van der Waals surface area contributed by atoms with Gasteiger partial charge in [0.25, 0.3) is 0 Å². The van der Waals surface area contributed by atoms with Crippen molar-refractivity contribution in [2.24, 2.45) is 0 Å². The molecule has 0 unspecified atom stereocenters. The first-order valence-electron chi connectivity index (χ1n) is 6.83. The summed E-state index contributed by atoms with van der Waals surface area (Å²) in [5.74, 6) is 0.948. The predicted molar refractivity (Wildman–Crippen MR) is 79.0 cm³/mol. The highest BCUT2D eigenvalue weighted by Crippen LogP contribution is 2.23. The Morgan fingerprint density at radius 2 is 1.85 bits per heavy atom. The highest BCUT2D eigenvalue weighted by Gasteiger charge is 2.14. The molecule has 104 valence electrons. The van der Waals surface area contributed by atoms with Crippen LogP contribution in [0.2, 0.25) is 0 Å². The molecule has 2 aromatic rings. The van der Waals surface area contributed by atoms with Gasteiger partial charge in [0.05, 0.1) is 17.6 Å². The van der Waals surface area contributed by atoms with Crippen molar-refractivity contribution < 1.29 is 5.11 Å². The van der Waals surface area contributed by atoms with Gasteiger partial charge in [-0.3, -0.25) is 0 Å². The molecular formula is C15H18N4O. The van der Waals surface area contributed by atoms with E-state index < -0.39 is 0 Å². The first kappa shape index (κ1) is 12.9. The molecule has 1 aliphatic heterocycles. The van der Waals surface area contributed by atoms with Crippen molar-refractivity contribution >= 4 is 5.69 Å². The van der Waals surface area contributed by atoms with E-state index in [0.29, 0.717) is 5.82 Å². The molecule has 20 heavy (non-hydrogen) atoms. The van der Waals surface area contributed by atoms with Crippen molar-refractivity contribution in [2.75, 3.05) is 31.1 Å². The maximum Gasteiger partial charge on any atom is 0.159 e. The number of aryl methyl sites for hydroxylation is 1. The number of aromatic hydroxyl groups is 1. The fourth-order valence-corrected chi connectivity index (χ4v) is 2.43. The molecule has 1 aromatic carbocycles. The predicted octanol–water partition coefficient (Wildman–Crippen LogP) is 1.57. The molecule has 2 N–H and O–H groups in total. The molecule has 0 aliphatic carbocycles. The molecule has 3 rings (SSSR count). The fraction of sp³-hybridized carbons (Fsp3) is 0.333. The van der Waals surface area contributed by atoms with E-state index in [4.69, 9.17) is 0 Å². The minimum atomic E-state index is 0.253. The molecule has 0 bridgehead atoms. The van der Waals surface area contributed by atoms with E-state index in [2.05, 4.69) is 20.2 Å². The Morgan fingerprint density at radius 1 is 1.15 bits per heavy atom. The van der Waals surface area contributed by atoms with Crippen LogP contribution in [0.15, 0.2) is 30.5 Å². The Hall–Kier alpha value is -2.14. The van der Waals surface area contributed by atoms with Crippen molar-refractivity contribution in [3.05, 3.63) is 36.2 Å². The molecular weight excluding hydrogens is 252 g/mol. The van der Waals surface area contributed by atoms with Crippen LogP contribution in [0.1, 0.15) is 5.69 Å². The highest BCUT2D eigenvalue weighted by molar-refractivity contribution is 5.59. The van der Waals surface area contributed by atoms with E-state index >= 15 is 0 Å². The van der Waals surface area contributed by atoms with Gasteiger partial charge in [0, 0.05) is 31.7 Å². The summed E-state index contributed by atoms with van der Waals surface area (Å²) in [7, 11) is 0. The van der Waals surface area contributed by atoms with Crippen LogP contribution in [0.25, 0.3) is 11.4 Å². The lowest BCUT2D eigenvalue weighted by atomic mass is 10.2. The second kappa shape index (κ2) is 5.46. The van der Waals surface area contributed by atoms with Gasteiger partial charge in [-0.2, -0.15) is 0 Å². The third-order valence-electron chi connectivity index (χ3n) is 3.54. The van der Waals surface area contributed by atoms with Crippen LogP contribution in [0.4, 0.5) is 5.69 Å². The molecule has 1 aromatic heterocycles. The second-order valence-electron chi connectivity index (χ2n) is 4.95. The zero-order valence-electron chi connectivity index (χ0n) is 11.5. The van der Waals surface area contributed by atoms with Crippen LogP contribution >= 0.6 is 0 Å². The van der Waals surface area contributed by atoms with Crippen LogP contribution in [0.5, 0.6) is 5.75 Å². The van der Waals surface area contributed by atoms with Crippen molar-refractivity contribution in [3.8, 4) is 17.1 Å². The number of anilines is 1. The molecule has 1 aliphatic rings. The van der Waals surface area contributed by atoms with Gasteiger partial charge >= 0.3 is 0 Å². The maximum absolute atomic E-state index is 9.32. The van der Waals surface area contributed by atoms with Gasteiger partial charge in [0.2, 0.25) is 0 Å². The first-order chi connectivity index (χ1) is 9.74. The number of nitrogens with one attached hydrogen (secondary N) is 1. The SMILES string of the molecule is Cc1nc(-c2ccc(O)cc2)ncc1N1CCNCC1. The minimum absolute atomic E-state index is 0.253. The van der Waals surface area contributed by atoms with Gasteiger partial charge < -0.3 is 15.3 Å². The van der Waals surface area contributed by atoms with Crippen LogP contribution in [-0.2, 0) is 0 Å². The fourth-order valence-electron chi connectivity index (χ4n) is 2.43. The van der Waals surface area contributed by atoms with E-state index in [1.54, 1.807) is 12.1 Å². The Morgan fingerprint density at radius 3 is 2.50 bits per heavy atom. The summed E-state index contributed by atoms with van der Waals surface area (Å²) in [6.45, 7) is 5.99. The lowest BCUT2D eigenvalue weighted by Gasteiger charge is -2.30. The standard InChI is InChI=1S/C15H18N4O/c1-11-14(19-8-6-16-7-9-19)10-17-15(18-11)12-2-4-13(20)5-3-12/h2-5,10,16,20H,6-9H2,1H3. The molecule has 0 atom stereocenters. The molecule has 0 radical (unpaired) electrons. The van der Waals surface area contributed by atoms with Crippen molar-refractivity contribution in [2.45, 2.75) is 6.92 Å². The third-order valence-corrected chi connectivity index (χ3v) is 3.54. The smallest absolute Gasteiger partial charge is 0.159 e.